The number of halogens is 3. The minimum Gasteiger partial charge on any atom is -0.303 e. The van der Waals surface area contributed by atoms with Crippen molar-refractivity contribution in [1.29, 1.82) is 0 Å². The lowest BCUT2D eigenvalue weighted by Crippen LogP contribution is -2.14. The van der Waals surface area contributed by atoms with Crippen LogP contribution in [0.1, 0.15) is 16.1 Å². The summed E-state index contributed by atoms with van der Waals surface area (Å²) >= 11 is 15.5. The van der Waals surface area contributed by atoms with E-state index in [-0.39, 0.29) is 5.91 Å². The molecule has 3 rings (SSSR count). The maximum absolute atomic E-state index is 12.1. The molecule has 0 saturated carbocycles. The molecule has 6 nitrogen and oxygen atoms in total. The molecule has 124 valence electrons. The molecule has 2 aromatic heterocycles. The summed E-state index contributed by atoms with van der Waals surface area (Å²) in [5, 5.41) is 12.3. The van der Waals surface area contributed by atoms with Gasteiger partial charge in [-0.3, -0.25) is 14.2 Å². The minimum absolute atomic E-state index is 0.319. The molecule has 1 amide bonds. The van der Waals surface area contributed by atoms with Crippen LogP contribution < -0.4 is 5.32 Å². The zero-order valence-electron chi connectivity index (χ0n) is 12.5. The molecule has 0 fully saturated rings. The summed E-state index contributed by atoms with van der Waals surface area (Å²) in [5.74, 6) is 0.0850. The third-order valence-corrected chi connectivity index (χ3v) is 4.41. The number of nitrogens with one attached hydrogen (secondary N) is 1. The lowest BCUT2D eigenvalue weighted by atomic mass is 10.2. The van der Waals surface area contributed by atoms with Gasteiger partial charge < -0.3 is 5.32 Å². The Morgan fingerprint density at radius 3 is 2.75 bits per heavy atom. The fourth-order valence-corrected chi connectivity index (χ4v) is 2.98. The minimum atomic E-state index is -0.328. The molecule has 0 saturated heterocycles. The van der Waals surface area contributed by atoms with Crippen molar-refractivity contribution in [2.45, 2.75) is 6.54 Å². The second-order valence-electron chi connectivity index (χ2n) is 5.09. The molecule has 3 aromatic rings. The highest BCUT2D eigenvalue weighted by atomic mass is 79.9. The van der Waals surface area contributed by atoms with Crippen molar-refractivity contribution in [1.82, 2.24) is 19.6 Å². The molecule has 0 bridgehead atoms. The van der Waals surface area contributed by atoms with E-state index in [1.54, 1.807) is 47.0 Å². The van der Waals surface area contributed by atoms with Crippen molar-refractivity contribution in [3.8, 4) is 0 Å². The van der Waals surface area contributed by atoms with Crippen molar-refractivity contribution in [3.05, 3.63) is 62.4 Å². The van der Waals surface area contributed by atoms with E-state index in [2.05, 4.69) is 31.4 Å². The fraction of sp³-hybridized carbons (Fsp3) is 0.133. The zero-order chi connectivity index (χ0) is 17.3. The summed E-state index contributed by atoms with van der Waals surface area (Å²) < 4.78 is 3.90. The molecule has 0 spiro atoms. The molecule has 2 heterocycles. The Balaban J connectivity index is 1.76. The highest BCUT2D eigenvalue weighted by Crippen LogP contribution is 2.24. The Bertz CT molecular complexity index is 905. The number of anilines is 1. The van der Waals surface area contributed by atoms with Gasteiger partial charge in [0.25, 0.3) is 5.91 Å². The van der Waals surface area contributed by atoms with E-state index >= 15 is 0 Å². The predicted octanol–water partition coefficient (Wildman–Crippen LogP) is 3.99. The molecule has 0 aliphatic heterocycles. The molecular formula is C15H12BrCl2N5O. The van der Waals surface area contributed by atoms with Gasteiger partial charge in [0.05, 0.1) is 11.0 Å². The first-order chi connectivity index (χ1) is 11.4. The van der Waals surface area contributed by atoms with Crippen molar-refractivity contribution in [2.75, 3.05) is 5.32 Å². The maximum atomic E-state index is 12.1. The van der Waals surface area contributed by atoms with Crippen molar-refractivity contribution in [3.63, 3.8) is 0 Å². The van der Waals surface area contributed by atoms with Gasteiger partial charge in [-0.2, -0.15) is 10.2 Å². The third-order valence-electron chi connectivity index (χ3n) is 3.24. The summed E-state index contributed by atoms with van der Waals surface area (Å²) in [5.41, 5.74) is 1.19. The molecule has 9 heteroatoms. The van der Waals surface area contributed by atoms with Crippen LogP contribution in [0, 0.1) is 0 Å². The van der Waals surface area contributed by atoms with Crippen LogP contribution in [0.25, 0.3) is 0 Å². The van der Waals surface area contributed by atoms with Crippen LogP contribution in [0.5, 0.6) is 0 Å². The first kappa shape index (κ1) is 17.0. The number of amides is 1. The second kappa shape index (κ2) is 6.96. The van der Waals surface area contributed by atoms with Gasteiger partial charge in [0.2, 0.25) is 0 Å². The van der Waals surface area contributed by atoms with Gasteiger partial charge in [-0.15, -0.1) is 0 Å². The number of aromatic nitrogens is 4. The van der Waals surface area contributed by atoms with Gasteiger partial charge in [-0.1, -0.05) is 29.3 Å². The van der Waals surface area contributed by atoms with E-state index in [9.17, 15) is 4.79 Å². The standard InChI is InChI=1S/C15H12BrCl2N5O/c1-22-5-4-13(20-22)15(24)19-14-11(16)8-23(21-14)7-9-2-3-10(17)6-12(9)18/h2-6,8H,7H2,1H3,(H,19,21,24). The molecular weight excluding hydrogens is 417 g/mol. The molecule has 24 heavy (non-hydrogen) atoms. The van der Waals surface area contributed by atoms with Gasteiger partial charge >= 0.3 is 0 Å². The third kappa shape index (κ3) is 3.80. The van der Waals surface area contributed by atoms with Gasteiger partial charge in [0.1, 0.15) is 0 Å². The summed E-state index contributed by atoms with van der Waals surface area (Å²) in [6, 6.07) is 6.92. The Morgan fingerprint density at radius 1 is 1.29 bits per heavy atom. The van der Waals surface area contributed by atoms with E-state index in [1.165, 1.54) is 0 Å². The maximum Gasteiger partial charge on any atom is 0.277 e. The van der Waals surface area contributed by atoms with Crippen molar-refractivity contribution >= 4 is 50.9 Å². The zero-order valence-corrected chi connectivity index (χ0v) is 15.6. The first-order valence-electron chi connectivity index (χ1n) is 6.90. The van der Waals surface area contributed by atoms with Crippen LogP contribution in [0.2, 0.25) is 10.0 Å². The topological polar surface area (TPSA) is 64.7 Å². The van der Waals surface area contributed by atoms with E-state index in [1.807, 2.05) is 6.07 Å². The monoisotopic (exact) mass is 427 g/mol. The number of benzene rings is 1. The van der Waals surface area contributed by atoms with Crippen LogP contribution in [-0.4, -0.2) is 25.5 Å². The molecule has 1 N–H and O–H groups in total. The van der Waals surface area contributed by atoms with E-state index in [4.69, 9.17) is 23.2 Å². The van der Waals surface area contributed by atoms with Gasteiger partial charge in [0, 0.05) is 29.5 Å². The molecule has 0 aliphatic rings. The van der Waals surface area contributed by atoms with Crippen molar-refractivity contribution in [2.24, 2.45) is 7.05 Å². The molecule has 0 atom stereocenters. The Labute approximate surface area is 156 Å². The number of carbonyl (C=O) groups is 1. The van der Waals surface area contributed by atoms with Crippen molar-refractivity contribution < 1.29 is 4.79 Å². The SMILES string of the molecule is Cn1ccc(C(=O)Nc2nn(Cc3ccc(Cl)cc3Cl)cc2Br)n1. The largest absolute Gasteiger partial charge is 0.303 e. The molecule has 1 aromatic carbocycles. The first-order valence-corrected chi connectivity index (χ1v) is 8.45. The number of carbonyl (C=O) groups excluding carboxylic acids is 1. The van der Waals surface area contributed by atoms with Crippen LogP contribution in [0.3, 0.4) is 0 Å². The summed E-state index contributed by atoms with van der Waals surface area (Å²) in [6.45, 7) is 0.452. The molecule has 0 aliphatic carbocycles. The second-order valence-corrected chi connectivity index (χ2v) is 6.79. The average Bonchev–Trinajstić information content (AvgIpc) is 3.09. The lowest BCUT2D eigenvalue weighted by Gasteiger charge is -2.05. The fourth-order valence-electron chi connectivity index (χ4n) is 2.09. The highest BCUT2D eigenvalue weighted by Gasteiger charge is 2.14. The normalized spacial score (nSPS) is 10.8. The van der Waals surface area contributed by atoms with E-state index in [0.29, 0.717) is 32.6 Å². The summed E-state index contributed by atoms with van der Waals surface area (Å²) in [6.07, 6.45) is 3.46. The van der Waals surface area contributed by atoms with Crippen LogP contribution in [0.4, 0.5) is 5.82 Å². The number of aryl methyl sites for hydroxylation is 1. The van der Waals surface area contributed by atoms with Gasteiger partial charge in [-0.05, 0) is 39.7 Å². The number of hydrogen-bond acceptors (Lipinski definition) is 3. The van der Waals surface area contributed by atoms with Gasteiger partial charge in [0.15, 0.2) is 11.5 Å². The van der Waals surface area contributed by atoms with Crippen LogP contribution in [0.15, 0.2) is 41.1 Å². The number of hydrogen-bond donors (Lipinski definition) is 1. The molecule has 0 radical (unpaired) electrons. The Morgan fingerprint density at radius 2 is 2.08 bits per heavy atom. The van der Waals surface area contributed by atoms with E-state index in [0.717, 1.165) is 5.56 Å². The predicted molar refractivity (Wildman–Crippen MR) is 96.7 cm³/mol. The molecule has 0 unspecified atom stereocenters. The van der Waals surface area contributed by atoms with Crippen LogP contribution in [-0.2, 0) is 13.6 Å². The lowest BCUT2D eigenvalue weighted by molar-refractivity contribution is 0.102. The van der Waals surface area contributed by atoms with E-state index < -0.39 is 0 Å². The number of nitrogens with zero attached hydrogens (tertiary/aromatic N) is 4. The Kier molecular flexibility index (Phi) is 4.93. The smallest absolute Gasteiger partial charge is 0.277 e. The Hall–Kier alpha value is -1.83. The number of rotatable bonds is 4. The summed E-state index contributed by atoms with van der Waals surface area (Å²) in [4.78, 5) is 12.1. The quantitative estimate of drug-likeness (QED) is 0.683. The van der Waals surface area contributed by atoms with Gasteiger partial charge in [-0.25, -0.2) is 0 Å². The highest BCUT2D eigenvalue weighted by molar-refractivity contribution is 9.10. The average molecular weight is 429 g/mol. The summed E-state index contributed by atoms with van der Waals surface area (Å²) in [7, 11) is 1.75. The van der Waals surface area contributed by atoms with Crippen LogP contribution >= 0.6 is 39.1 Å².